The first-order chi connectivity index (χ1) is 13.4. The van der Waals surface area contributed by atoms with Crippen molar-refractivity contribution in [3.05, 3.63) is 0 Å². The fraction of sp³-hybridized carbons (Fsp3) is 0.947. The first-order valence-corrected chi connectivity index (χ1v) is 12.3. The Kier molecular flexibility index (Phi) is 7.58. The molecule has 0 bridgehead atoms. The first-order valence-electron chi connectivity index (χ1n) is 10.7. The van der Waals surface area contributed by atoms with E-state index in [4.69, 9.17) is 4.74 Å². The van der Waals surface area contributed by atoms with Crippen LogP contribution in [-0.2, 0) is 14.8 Å². The normalized spacial score (nSPS) is 25.6. The van der Waals surface area contributed by atoms with E-state index >= 15 is 0 Å². The van der Waals surface area contributed by atoms with Crippen LogP contribution < -0.4 is 5.32 Å². The highest BCUT2D eigenvalue weighted by Gasteiger charge is 2.34. The standard InChI is InChI=1S/C19H37N5O3S/c1-16(2)27-12-13-28(25,26)24-10-8-22(9-11-24)19(20-3)21-14-17-6-7-23(15-17)18-4-5-18/h16-18H,4-15H2,1-3H3,(H,20,21). The summed E-state index contributed by atoms with van der Waals surface area (Å²) in [6.45, 7) is 9.80. The monoisotopic (exact) mass is 415 g/mol. The Hall–Kier alpha value is -0.900. The molecule has 162 valence electrons. The molecule has 2 heterocycles. The highest BCUT2D eigenvalue weighted by molar-refractivity contribution is 7.89. The second-order valence-corrected chi connectivity index (χ2v) is 10.5. The van der Waals surface area contributed by atoms with E-state index in [0.717, 1.165) is 18.5 Å². The highest BCUT2D eigenvalue weighted by Crippen LogP contribution is 2.31. The number of nitrogens with one attached hydrogen (secondary N) is 1. The van der Waals surface area contributed by atoms with E-state index < -0.39 is 10.0 Å². The van der Waals surface area contributed by atoms with Crippen molar-refractivity contribution >= 4 is 16.0 Å². The van der Waals surface area contributed by atoms with Gasteiger partial charge in [-0.1, -0.05) is 0 Å². The molecule has 2 aliphatic heterocycles. The lowest BCUT2D eigenvalue weighted by molar-refractivity contribution is 0.0904. The fourth-order valence-corrected chi connectivity index (χ4v) is 5.35. The Morgan fingerprint density at radius 1 is 1.14 bits per heavy atom. The maximum Gasteiger partial charge on any atom is 0.216 e. The molecule has 8 nitrogen and oxygen atoms in total. The van der Waals surface area contributed by atoms with Crippen LogP contribution in [0.5, 0.6) is 0 Å². The minimum atomic E-state index is -3.25. The molecule has 3 rings (SSSR count). The van der Waals surface area contributed by atoms with Gasteiger partial charge in [0, 0.05) is 52.4 Å². The zero-order valence-corrected chi connectivity index (χ0v) is 18.5. The largest absolute Gasteiger partial charge is 0.378 e. The van der Waals surface area contributed by atoms with Crippen LogP contribution >= 0.6 is 0 Å². The third-order valence-electron chi connectivity index (χ3n) is 5.87. The molecule has 1 saturated carbocycles. The fourth-order valence-electron chi connectivity index (χ4n) is 4.06. The average molecular weight is 416 g/mol. The third-order valence-corrected chi connectivity index (χ3v) is 7.70. The number of sulfonamides is 1. The van der Waals surface area contributed by atoms with E-state index in [1.165, 1.54) is 32.4 Å². The second-order valence-electron chi connectivity index (χ2n) is 8.43. The lowest BCUT2D eigenvalue weighted by atomic mass is 10.1. The number of rotatable bonds is 8. The number of aliphatic imine (C=N–C) groups is 1. The summed E-state index contributed by atoms with van der Waals surface area (Å²) >= 11 is 0. The number of nitrogens with zero attached hydrogens (tertiary/aromatic N) is 4. The van der Waals surface area contributed by atoms with Gasteiger partial charge in [0.25, 0.3) is 0 Å². The SMILES string of the molecule is CN=C(NCC1CCN(C2CC2)C1)N1CCN(S(=O)(=O)CCOC(C)C)CC1. The van der Waals surface area contributed by atoms with Crippen molar-refractivity contribution in [1.82, 2.24) is 19.4 Å². The summed E-state index contributed by atoms with van der Waals surface area (Å²) in [6.07, 6.45) is 4.06. The van der Waals surface area contributed by atoms with Crippen LogP contribution in [0, 0.1) is 5.92 Å². The number of piperazine rings is 1. The molecule has 1 N–H and O–H groups in total. The minimum absolute atomic E-state index is 0.0529. The average Bonchev–Trinajstić information content (AvgIpc) is 3.41. The topological polar surface area (TPSA) is 77.5 Å². The molecule has 2 saturated heterocycles. The summed E-state index contributed by atoms with van der Waals surface area (Å²) in [5.74, 6) is 1.63. The van der Waals surface area contributed by atoms with Crippen LogP contribution in [0.25, 0.3) is 0 Å². The Balaban J connectivity index is 1.40. The van der Waals surface area contributed by atoms with Crippen molar-refractivity contribution in [1.29, 1.82) is 0 Å². The van der Waals surface area contributed by atoms with E-state index in [2.05, 4.69) is 20.1 Å². The van der Waals surface area contributed by atoms with Crippen LogP contribution in [0.1, 0.15) is 33.1 Å². The van der Waals surface area contributed by atoms with E-state index in [1.807, 2.05) is 13.8 Å². The minimum Gasteiger partial charge on any atom is -0.378 e. The summed E-state index contributed by atoms with van der Waals surface area (Å²) in [5, 5.41) is 3.52. The molecule has 0 aromatic rings. The quantitative estimate of drug-likeness (QED) is 0.457. The van der Waals surface area contributed by atoms with Gasteiger partial charge in [-0.3, -0.25) is 4.99 Å². The van der Waals surface area contributed by atoms with Gasteiger partial charge in [0.15, 0.2) is 5.96 Å². The molecule has 28 heavy (non-hydrogen) atoms. The van der Waals surface area contributed by atoms with Crippen molar-refractivity contribution in [2.45, 2.75) is 45.3 Å². The van der Waals surface area contributed by atoms with Crippen LogP contribution in [-0.4, -0.2) is 106 Å². The molecular weight excluding hydrogens is 378 g/mol. The third kappa shape index (κ3) is 6.05. The molecule has 1 atom stereocenters. The summed E-state index contributed by atoms with van der Waals surface area (Å²) in [4.78, 5) is 9.22. The van der Waals surface area contributed by atoms with Gasteiger partial charge in [0.2, 0.25) is 10.0 Å². The summed E-state index contributed by atoms with van der Waals surface area (Å²) < 4.78 is 32.0. The Labute approximate surface area is 170 Å². The van der Waals surface area contributed by atoms with Gasteiger partial charge in [-0.25, -0.2) is 8.42 Å². The van der Waals surface area contributed by atoms with Crippen molar-refractivity contribution in [3.63, 3.8) is 0 Å². The van der Waals surface area contributed by atoms with Crippen LogP contribution in [0.15, 0.2) is 4.99 Å². The van der Waals surface area contributed by atoms with Crippen molar-refractivity contribution in [2.24, 2.45) is 10.9 Å². The van der Waals surface area contributed by atoms with Crippen LogP contribution in [0.3, 0.4) is 0 Å². The molecule has 1 unspecified atom stereocenters. The number of guanidine groups is 1. The van der Waals surface area contributed by atoms with Crippen LogP contribution in [0.4, 0.5) is 0 Å². The molecule has 1 aliphatic carbocycles. The highest BCUT2D eigenvalue weighted by atomic mass is 32.2. The lowest BCUT2D eigenvalue weighted by Crippen LogP contribution is -2.54. The molecule has 0 aromatic heterocycles. The second kappa shape index (κ2) is 9.73. The smallest absolute Gasteiger partial charge is 0.216 e. The van der Waals surface area contributed by atoms with E-state index in [-0.39, 0.29) is 18.5 Å². The maximum atomic E-state index is 12.5. The zero-order chi connectivity index (χ0) is 20.1. The maximum absolute atomic E-state index is 12.5. The Morgan fingerprint density at radius 3 is 2.46 bits per heavy atom. The number of likely N-dealkylation sites (tertiary alicyclic amines) is 1. The van der Waals surface area contributed by atoms with Gasteiger partial charge < -0.3 is 19.9 Å². The molecule has 0 amide bonds. The van der Waals surface area contributed by atoms with Gasteiger partial charge in [0.05, 0.1) is 18.5 Å². The summed E-state index contributed by atoms with van der Waals surface area (Å²) in [7, 11) is -1.45. The zero-order valence-electron chi connectivity index (χ0n) is 17.6. The van der Waals surface area contributed by atoms with Gasteiger partial charge in [-0.15, -0.1) is 0 Å². The van der Waals surface area contributed by atoms with Crippen molar-refractivity contribution in [3.8, 4) is 0 Å². The molecular formula is C19H37N5O3S. The predicted molar refractivity (Wildman–Crippen MR) is 112 cm³/mol. The van der Waals surface area contributed by atoms with Gasteiger partial charge in [-0.2, -0.15) is 4.31 Å². The molecule has 3 fully saturated rings. The molecule has 0 radical (unpaired) electrons. The molecule has 3 aliphatic rings. The van der Waals surface area contributed by atoms with E-state index in [9.17, 15) is 8.42 Å². The Bertz CT molecular complexity index is 627. The van der Waals surface area contributed by atoms with E-state index in [0.29, 0.717) is 32.1 Å². The Morgan fingerprint density at radius 2 is 1.86 bits per heavy atom. The number of hydrogen-bond donors (Lipinski definition) is 1. The molecule has 0 spiro atoms. The number of hydrogen-bond acceptors (Lipinski definition) is 5. The van der Waals surface area contributed by atoms with Gasteiger partial charge >= 0.3 is 0 Å². The predicted octanol–water partition coefficient (Wildman–Crippen LogP) is 0.419. The van der Waals surface area contributed by atoms with Crippen molar-refractivity contribution in [2.75, 3.05) is 65.2 Å². The van der Waals surface area contributed by atoms with E-state index in [1.54, 1.807) is 11.4 Å². The first kappa shape index (κ1) is 21.8. The van der Waals surface area contributed by atoms with Gasteiger partial charge in [-0.05, 0) is 45.6 Å². The molecule has 0 aromatic carbocycles. The number of ether oxygens (including phenoxy) is 1. The summed E-state index contributed by atoms with van der Waals surface area (Å²) in [5.41, 5.74) is 0. The van der Waals surface area contributed by atoms with Gasteiger partial charge in [0.1, 0.15) is 0 Å². The summed E-state index contributed by atoms with van der Waals surface area (Å²) in [6, 6.07) is 0.852. The lowest BCUT2D eigenvalue weighted by Gasteiger charge is -2.36. The van der Waals surface area contributed by atoms with Crippen molar-refractivity contribution < 1.29 is 13.2 Å². The molecule has 9 heteroatoms. The van der Waals surface area contributed by atoms with Crippen LogP contribution in [0.2, 0.25) is 0 Å².